The Morgan fingerprint density at radius 2 is 1.59 bits per heavy atom. The fourth-order valence-corrected chi connectivity index (χ4v) is 4.59. The van der Waals surface area contributed by atoms with E-state index in [0.29, 0.717) is 5.92 Å². The molecule has 1 aromatic carbocycles. The first-order valence-electron chi connectivity index (χ1n) is 11.2. The molecular weight excluding hydrogens is 356 g/mol. The fraction of sp³-hybridized carbons (Fsp3) is 0.480. The van der Waals surface area contributed by atoms with Gasteiger partial charge in [0, 0.05) is 44.1 Å². The molecule has 29 heavy (non-hydrogen) atoms. The summed E-state index contributed by atoms with van der Waals surface area (Å²) in [6, 6.07) is 13.7. The van der Waals surface area contributed by atoms with Gasteiger partial charge in [-0.2, -0.15) is 5.10 Å². The van der Waals surface area contributed by atoms with Gasteiger partial charge in [-0.25, -0.2) is 4.52 Å². The first-order valence-corrected chi connectivity index (χ1v) is 11.2. The zero-order valence-electron chi connectivity index (χ0n) is 18.1. The van der Waals surface area contributed by atoms with Gasteiger partial charge in [0.05, 0.1) is 11.2 Å². The van der Waals surface area contributed by atoms with Crippen molar-refractivity contribution >= 4 is 11.2 Å². The van der Waals surface area contributed by atoms with Crippen LogP contribution in [0.5, 0.6) is 0 Å². The molecule has 3 aromatic rings. The zero-order valence-corrected chi connectivity index (χ0v) is 18.1. The maximum absolute atomic E-state index is 4.57. The number of anilines is 1. The Hall–Kier alpha value is -2.33. The molecule has 1 aliphatic rings. The summed E-state index contributed by atoms with van der Waals surface area (Å²) in [7, 11) is 2.20. The van der Waals surface area contributed by atoms with Crippen LogP contribution in [0.3, 0.4) is 0 Å². The molecule has 0 amide bonds. The number of hydrogen-bond donors (Lipinski definition) is 0. The number of nitrogens with zero attached hydrogens (tertiary/aromatic N) is 4. The van der Waals surface area contributed by atoms with Gasteiger partial charge in [0.15, 0.2) is 0 Å². The molecule has 1 fully saturated rings. The van der Waals surface area contributed by atoms with Crippen LogP contribution < -0.4 is 4.90 Å². The SMILES string of the molecule is CCCC(CCC)c1ccc(-c2cc3c(N4CCN(C)CC4)ccnn3c2)cc1. The number of likely N-dealkylation sites (N-methyl/N-ethyl adjacent to an activating group) is 1. The Labute approximate surface area is 175 Å². The Morgan fingerprint density at radius 1 is 0.897 bits per heavy atom. The number of hydrogen-bond acceptors (Lipinski definition) is 3. The van der Waals surface area contributed by atoms with E-state index < -0.39 is 0 Å². The highest BCUT2D eigenvalue weighted by atomic mass is 15.3. The molecule has 0 bridgehead atoms. The van der Waals surface area contributed by atoms with Gasteiger partial charge >= 0.3 is 0 Å². The highest BCUT2D eigenvalue weighted by molar-refractivity contribution is 5.80. The van der Waals surface area contributed by atoms with Crippen molar-refractivity contribution in [3.63, 3.8) is 0 Å². The predicted octanol–water partition coefficient (Wildman–Crippen LogP) is 5.44. The van der Waals surface area contributed by atoms with Crippen LogP contribution in [0.4, 0.5) is 5.69 Å². The summed E-state index contributed by atoms with van der Waals surface area (Å²) in [4.78, 5) is 4.88. The number of aromatic nitrogens is 2. The Morgan fingerprint density at radius 3 is 2.24 bits per heavy atom. The van der Waals surface area contributed by atoms with Gasteiger partial charge in [-0.15, -0.1) is 0 Å². The summed E-state index contributed by atoms with van der Waals surface area (Å²) in [5.74, 6) is 0.692. The van der Waals surface area contributed by atoms with Crippen LogP contribution in [-0.2, 0) is 0 Å². The molecule has 4 rings (SSSR count). The molecule has 0 spiro atoms. The van der Waals surface area contributed by atoms with Gasteiger partial charge in [0.2, 0.25) is 0 Å². The lowest BCUT2D eigenvalue weighted by atomic mass is 9.89. The van der Waals surface area contributed by atoms with E-state index in [4.69, 9.17) is 0 Å². The van der Waals surface area contributed by atoms with Gasteiger partial charge in [0.1, 0.15) is 0 Å². The molecule has 4 nitrogen and oxygen atoms in total. The van der Waals surface area contributed by atoms with Crippen molar-refractivity contribution in [1.29, 1.82) is 0 Å². The van der Waals surface area contributed by atoms with Crippen LogP contribution in [0.1, 0.15) is 51.0 Å². The zero-order chi connectivity index (χ0) is 20.2. The largest absolute Gasteiger partial charge is 0.367 e. The standard InChI is InChI=1S/C25H34N4/c1-4-6-20(7-5-2)21-8-10-22(11-9-21)23-18-25-24(12-13-26-29(25)19-23)28-16-14-27(3)15-17-28/h8-13,18-20H,4-7,14-17H2,1-3H3. The molecule has 1 aliphatic heterocycles. The van der Waals surface area contributed by atoms with Crippen molar-refractivity contribution in [2.75, 3.05) is 38.1 Å². The third-order valence-electron chi connectivity index (χ3n) is 6.32. The third-order valence-corrected chi connectivity index (χ3v) is 6.32. The van der Waals surface area contributed by atoms with Crippen LogP contribution >= 0.6 is 0 Å². The summed E-state index contributed by atoms with van der Waals surface area (Å²) in [6.45, 7) is 8.94. The van der Waals surface area contributed by atoms with Crippen molar-refractivity contribution in [3.8, 4) is 11.1 Å². The van der Waals surface area contributed by atoms with Crippen LogP contribution in [-0.4, -0.2) is 47.7 Å². The third kappa shape index (κ3) is 4.32. The van der Waals surface area contributed by atoms with E-state index in [0.717, 1.165) is 26.2 Å². The summed E-state index contributed by atoms with van der Waals surface area (Å²) in [6.07, 6.45) is 9.15. The van der Waals surface area contributed by atoms with Crippen molar-refractivity contribution in [1.82, 2.24) is 14.5 Å². The summed E-state index contributed by atoms with van der Waals surface area (Å²) in [5.41, 5.74) is 6.49. The maximum atomic E-state index is 4.57. The van der Waals surface area contributed by atoms with E-state index in [1.165, 1.54) is 53.6 Å². The topological polar surface area (TPSA) is 23.8 Å². The fourth-order valence-electron chi connectivity index (χ4n) is 4.59. The first-order chi connectivity index (χ1) is 14.2. The van der Waals surface area contributed by atoms with E-state index in [2.05, 4.69) is 78.4 Å². The van der Waals surface area contributed by atoms with Crippen LogP contribution in [0.2, 0.25) is 0 Å². The summed E-state index contributed by atoms with van der Waals surface area (Å²) < 4.78 is 2.04. The van der Waals surface area contributed by atoms with E-state index in [1.807, 2.05) is 10.7 Å². The molecule has 0 N–H and O–H groups in total. The van der Waals surface area contributed by atoms with E-state index in [1.54, 1.807) is 0 Å². The number of benzene rings is 1. The highest BCUT2D eigenvalue weighted by Gasteiger charge is 2.18. The lowest BCUT2D eigenvalue weighted by molar-refractivity contribution is 0.313. The minimum absolute atomic E-state index is 0.692. The average Bonchev–Trinajstić information content (AvgIpc) is 3.19. The average molecular weight is 391 g/mol. The van der Waals surface area contributed by atoms with Crippen molar-refractivity contribution < 1.29 is 0 Å². The smallest absolute Gasteiger partial charge is 0.0886 e. The summed E-state index contributed by atoms with van der Waals surface area (Å²) >= 11 is 0. The quantitative estimate of drug-likeness (QED) is 0.537. The molecule has 0 aliphatic carbocycles. The molecule has 0 unspecified atom stereocenters. The Bertz CT molecular complexity index is 914. The molecule has 0 atom stereocenters. The second-order valence-electron chi connectivity index (χ2n) is 8.46. The summed E-state index contributed by atoms with van der Waals surface area (Å²) in [5, 5.41) is 4.57. The van der Waals surface area contributed by atoms with Crippen LogP contribution in [0.25, 0.3) is 16.6 Å². The van der Waals surface area contributed by atoms with E-state index >= 15 is 0 Å². The van der Waals surface area contributed by atoms with Crippen molar-refractivity contribution in [2.45, 2.75) is 45.4 Å². The maximum Gasteiger partial charge on any atom is 0.0886 e. The molecule has 1 saturated heterocycles. The molecule has 0 radical (unpaired) electrons. The van der Waals surface area contributed by atoms with Gasteiger partial charge in [0.25, 0.3) is 0 Å². The van der Waals surface area contributed by atoms with E-state index in [9.17, 15) is 0 Å². The molecule has 154 valence electrons. The molecule has 4 heteroatoms. The second-order valence-corrected chi connectivity index (χ2v) is 8.46. The predicted molar refractivity (Wildman–Crippen MR) is 123 cm³/mol. The lowest BCUT2D eigenvalue weighted by Gasteiger charge is -2.34. The number of fused-ring (bicyclic) bond motifs is 1. The van der Waals surface area contributed by atoms with Crippen LogP contribution in [0, 0.1) is 0 Å². The van der Waals surface area contributed by atoms with Gasteiger partial charge in [-0.1, -0.05) is 51.0 Å². The van der Waals surface area contributed by atoms with E-state index in [-0.39, 0.29) is 0 Å². The minimum Gasteiger partial charge on any atom is -0.367 e. The van der Waals surface area contributed by atoms with Gasteiger partial charge < -0.3 is 9.80 Å². The molecule has 0 saturated carbocycles. The normalized spacial score (nSPS) is 15.5. The highest BCUT2D eigenvalue weighted by Crippen LogP contribution is 2.31. The van der Waals surface area contributed by atoms with Gasteiger partial charge in [-0.3, -0.25) is 0 Å². The first kappa shape index (κ1) is 20.0. The monoisotopic (exact) mass is 390 g/mol. The van der Waals surface area contributed by atoms with Crippen molar-refractivity contribution in [3.05, 3.63) is 54.4 Å². The van der Waals surface area contributed by atoms with Crippen molar-refractivity contribution in [2.24, 2.45) is 0 Å². The number of rotatable bonds is 7. The Kier molecular flexibility index (Phi) is 6.19. The molecule has 3 heterocycles. The second kappa shape index (κ2) is 9.00. The number of piperazine rings is 1. The van der Waals surface area contributed by atoms with Crippen LogP contribution in [0.15, 0.2) is 48.8 Å². The van der Waals surface area contributed by atoms with Gasteiger partial charge in [-0.05, 0) is 49.1 Å². The minimum atomic E-state index is 0.692. The lowest BCUT2D eigenvalue weighted by Crippen LogP contribution is -2.44. The molecular formula is C25H34N4. The molecule has 2 aromatic heterocycles. The Balaban J connectivity index is 1.60.